The molecule has 0 fully saturated rings. The fraction of sp³-hybridized carbons (Fsp3) is 0. The molecule has 6 heterocycles. The molecule has 78 heavy (non-hydrogen) atoms. The molecule has 0 saturated carbocycles. The van der Waals surface area contributed by atoms with E-state index in [0.29, 0.717) is 0 Å². The van der Waals surface area contributed by atoms with Crippen LogP contribution in [0.3, 0.4) is 0 Å². The molecule has 0 aliphatic heterocycles. The van der Waals surface area contributed by atoms with Gasteiger partial charge in [-0.05, 0) is 132 Å². The molecule has 18 rings (SSSR count). The second-order valence-corrected chi connectivity index (χ2v) is 22.6. The van der Waals surface area contributed by atoms with E-state index in [1.165, 1.54) is 51.1 Å². The maximum absolute atomic E-state index is 6.46. The quantitative estimate of drug-likeness (QED) is 0.165. The minimum absolute atomic E-state index is 0.850. The third-order valence-electron chi connectivity index (χ3n) is 16.0. The van der Waals surface area contributed by atoms with Gasteiger partial charge in [0.1, 0.15) is 44.7 Å². The molecular formula is C70H38N2O4S2. The van der Waals surface area contributed by atoms with Crippen LogP contribution in [-0.2, 0) is 0 Å². The molecule has 0 aliphatic carbocycles. The van der Waals surface area contributed by atoms with Gasteiger partial charge in [0.2, 0.25) is 0 Å². The van der Waals surface area contributed by atoms with Crippen molar-refractivity contribution in [3.05, 3.63) is 231 Å². The maximum Gasteiger partial charge on any atom is 0.137 e. The molecule has 18 aromatic rings. The Balaban J connectivity index is 0.751. The van der Waals surface area contributed by atoms with Crippen molar-refractivity contribution in [3.63, 3.8) is 0 Å². The highest BCUT2D eigenvalue weighted by Gasteiger charge is 2.22. The largest absolute Gasteiger partial charge is 0.456 e. The minimum Gasteiger partial charge on any atom is -0.456 e. The number of thiophene rings is 2. The molecular weight excluding hydrogens is 997 g/mol. The van der Waals surface area contributed by atoms with Crippen LogP contribution < -0.4 is 9.80 Å². The third-order valence-corrected chi connectivity index (χ3v) is 18.2. The first-order valence-electron chi connectivity index (χ1n) is 26.1. The van der Waals surface area contributed by atoms with Crippen molar-refractivity contribution in [1.82, 2.24) is 0 Å². The fourth-order valence-corrected chi connectivity index (χ4v) is 14.7. The highest BCUT2D eigenvalue weighted by molar-refractivity contribution is 7.26. The average molecular weight is 1040 g/mol. The number of furan rings is 4. The predicted octanol–water partition coefficient (Wildman–Crippen LogP) is 22.1. The standard InChI is InChI=1S/C70H38N2O4S2/c1-5-13-59-47(9-1)51-23-17-41(33-63(51)73-59)71(42-18-24-52-48-10-2-6-14-60(48)74-64(52)34-42)45-21-27-55-57-29-39-30-58-56-28-22-46(38-70(56)78-68(58)32-40(39)31-67(57)77-69(55)37-45)72(43-19-25-53-49-11-3-7-15-61(49)75-65(53)35-43)44-20-26-54-50-12-4-8-16-62(50)76-66(54)36-44/h1-38H. The van der Waals surface area contributed by atoms with Crippen LogP contribution in [0.5, 0.6) is 0 Å². The Bertz CT molecular complexity index is 5010. The SMILES string of the molecule is c1ccc2c(c1)oc1cc(N(c3ccc4c(c3)oc3ccccc34)c3ccc4c(c3)sc3cc5cc6sc7cc(N(c8ccc9c(c8)oc8ccccc89)c8ccc9c(c8)oc8ccccc89)ccc7c6cc5cc34)ccc12. The van der Waals surface area contributed by atoms with Crippen LogP contribution in [-0.4, -0.2) is 0 Å². The lowest BCUT2D eigenvalue weighted by atomic mass is 10.0. The van der Waals surface area contributed by atoms with Gasteiger partial charge in [-0.25, -0.2) is 0 Å². The van der Waals surface area contributed by atoms with E-state index in [1.807, 2.05) is 71.2 Å². The van der Waals surface area contributed by atoms with Gasteiger partial charge in [0.25, 0.3) is 0 Å². The molecule has 0 atom stereocenters. The van der Waals surface area contributed by atoms with Crippen LogP contribution in [0.15, 0.2) is 248 Å². The van der Waals surface area contributed by atoms with E-state index in [2.05, 4.69) is 192 Å². The van der Waals surface area contributed by atoms with E-state index >= 15 is 0 Å². The number of para-hydroxylation sites is 4. The normalized spacial score (nSPS) is 12.4. The van der Waals surface area contributed by atoms with Crippen molar-refractivity contribution in [1.29, 1.82) is 0 Å². The Hall–Kier alpha value is -9.86. The molecule has 0 aliphatic rings. The Labute approximate surface area is 450 Å². The highest BCUT2D eigenvalue weighted by Crippen LogP contribution is 2.48. The first-order valence-corrected chi connectivity index (χ1v) is 27.7. The van der Waals surface area contributed by atoms with Crippen LogP contribution in [0.2, 0.25) is 0 Å². The van der Waals surface area contributed by atoms with Gasteiger partial charge in [-0.3, -0.25) is 0 Å². The van der Waals surface area contributed by atoms with E-state index in [9.17, 15) is 0 Å². The van der Waals surface area contributed by atoms with Crippen LogP contribution in [0.25, 0.3) is 139 Å². The Morgan fingerprint density at radius 3 is 0.795 bits per heavy atom. The summed E-state index contributed by atoms with van der Waals surface area (Å²) in [6.07, 6.45) is 0. The van der Waals surface area contributed by atoms with E-state index in [0.717, 1.165) is 122 Å². The summed E-state index contributed by atoms with van der Waals surface area (Å²) in [5.74, 6) is 0. The average Bonchev–Trinajstić information content (AvgIpc) is 4.39. The number of benzene rings is 12. The second kappa shape index (κ2) is 15.8. The van der Waals surface area contributed by atoms with Crippen molar-refractivity contribution < 1.29 is 17.7 Å². The zero-order valence-electron chi connectivity index (χ0n) is 41.3. The molecule has 0 bridgehead atoms. The number of nitrogens with zero attached hydrogens (tertiary/aromatic N) is 2. The molecule has 6 aromatic heterocycles. The molecule has 0 amide bonds. The van der Waals surface area contributed by atoms with Gasteiger partial charge in [0.05, 0.1) is 0 Å². The minimum atomic E-state index is 0.850. The van der Waals surface area contributed by atoms with Crippen molar-refractivity contribution >= 4 is 196 Å². The van der Waals surface area contributed by atoms with Crippen molar-refractivity contribution in [2.24, 2.45) is 0 Å². The summed E-state index contributed by atoms with van der Waals surface area (Å²) < 4.78 is 30.8. The smallest absolute Gasteiger partial charge is 0.137 e. The lowest BCUT2D eigenvalue weighted by Gasteiger charge is -2.25. The fourth-order valence-electron chi connectivity index (χ4n) is 12.4. The summed E-state index contributed by atoms with van der Waals surface area (Å²) in [4.78, 5) is 4.64. The summed E-state index contributed by atoms with van der Waals surface area (Å²) >= 11 is 3.69. The zero-order valence-corrected chi connectivity index (χ0v) is 42.9. The number of anilines is 6. The number of hydrogen-bond donors (Lipinski definition) is 0. The molecule has 0 unspecified atom stereocenters. The van der Waals surface area contributed by atoms with E-state index in [4.69, 9.17) is 17.7 Å². The summed E-state index contributed by atoms with van der Waals surface area (Å²) in [6.45, 7) is 0. The van der Waals surface area contributed by atoms with Gasteiger partial charge in [0, 0.05) is 142 Å². The number of hydrogen-bond acceptors (Lipinski definition) is 8. The molecule has 0 spiro atoms. The Morgan fingerprint density at radius 1 is 0.205 bits per heavy atom. The Morgan fingerprint density at radius 2 is 0.462 bits per heavy atom. The molecule has 8 heteroatoms. The summed E-state index contributed by atoms with van der Waals surface area (Å²) in [5, 5.41) is 16.3. The molecule has 0 saturated heterocycles. The van der Waals surface area contributed by atoms with Crippen LogP contribution in [0, 0.1) is 0 Å². The molecule has 0 radical (unpaired) electrons. The second-order valence-electron chi connectivity index (χ2n) is 20.4. The predicted molar refractivity (Wildman–Crippen MR) is 328 cm³/mol. The third kappa shape index (κ3) is 6.24. The monoisotopic (exact) mass is 1030 g/mol. The van der Waals surface area contributed by atoms with Crippen LogP contribution in [0.4, 0.5) is 34.1 Å². The lowest BCUT2D eigenvalue weighted by molar-refractivity contribution is 0.668. The van der Waals surface area contributed by atoms with Gasteiger partial charge in [-0.2, -0.15) is 0 Å². The topological polar surface area (TPSA) is 59.0 Å². The van der Waals surface area contributed by atoms with Crippen molar-refractivity contribution in [3.8, 4) is 0 Å². The van der Waals surface area contributed by atoms with Gasteiger partial charge in [-0.15, -0.1) is 22.7 Å². The number of fused-ring (bicyclic) bond motifs is 19. The van der Waals surface area contributed by atoms with E-state index in [-0.39, 0.29) is 0 Å². The Kier molecular flexibility index (Phi) is 8.61. The van der Waals surface area contributed by atoms with E-state index < -0.39 is 0 Å². The summed E-state index contributed by atoms with van der Waals surface area (Å²) in [5.41, 5.74) is 13.0. The van der Waals surface area contributed by atoms with Crippen molar-refractivity contribution in [2.75, 3.05) is 9.80 Å². The van der Waals surface area contributed by atoms with Crippen molar-refractivity contribution in [2.45, 2.75) is 0 Å². The zero-order chi connectivity index (χ0) is 50.7. The summed E-state index contributed by atoms with van der Waals surface area (Å²) in [6, 6.07) is 82.5. The lowest BCUT2D eigenvalue weighted by Crippen LogP contribution is -2.09. The first kappa shape index (κ1) is 42.4. The van der Waals surface area contributed by atoms with Crippen LogP contribution >= 0.6 is 22.7 Å². The van der Waals surface area contributed by atoms with Gasteiger partial charge in [0.15, 0.2) is 0 Å². The highest BCUT2D eigenvalue weighted by atomic mass is 32.1. The van der Waals surface area contributed by atoms with Gasteiger partial charge < -0.3 is 27.5 Å². The molecule has 12 aromatic carbocycles. The molecule has 6 nitrogen and oxygen atoms in total. The van der Waals surface area contributed by atoms with Gasteiger partial charge >= 0.3 is 0 Å². The van der Waals surface area contributed by atoms with Gasteiger partial charge in [-0.1, -0.05) is 84.9 Å². The molecule has 364 valence electrons. The van der Waals surface area contributed by atoms with Crippen LogP contribution in [0.1, 0.15) is 0 Å². The summed E-state index contributed by atoms with van der Waals surface area (Å²) in [7, 11) is 0. The molecule has 0 N–H and O–H groups in total. The first-order chi connectivity index (χ1) is 38.6. The van der Waals surface area contributed by atoms with E-state index in [1.54, 1.807) is 0 Å². The number of rotatable bonds is 6. The maximum atomic E-state index is 6.46.